The summed E-state index contributed by atoms with van der Waals surface area (Å²) in [6, 6.07) is 0. The molecule has 0 saturated heterocycles. The van der Waals surface area contributed by atoms with Crippen molar-refractivity contribution in [3.05, 3.63) is 15.6 Å². The standard InChI is InChI=1S/C14H22N2O3S/c1-5-11-15-10(4)13(20-11)14(19)16(8-9(2)3)7-6-12(17)18/h9H,5-8H2,1-4H3,(H,17,18). The van der Waals surface area contributed by atoms with Gasteiger partial charge in [-0.1, -0.05) is 20.8 Å². The summed E-state index contributed by atoms with van der Waals surface area (Å²) in [7, 11) is 0. The maximum absolute atomic E-state index is 12.5. The van der Waals surface area contributed by atoms with E-state index in [0.717, 1.165) is 17.1 Å². The Balaban J connectivity index is 2.90. The maximum Gasteiger partial charge on any atom is 0.305 e. The van der Waals surface area contributed by atoms with Crippen LogP contribution in [0.5, 0.6) is 0 Å². The SMILES string of the molecule is CCc1nc(C)c(C(=O)N(CCC(=O)O)CC(C)C)s1. The van der Waals surface area contributed by atoms with Crippen LogP contribution in [0, 0.1) is 12.8 Å². The zero-order valence-corrected chi connectivity index (χ0v) is 13.3. The number of hydrogen-bond donors (Lipinski definition) is 1. The van der Waals surface area contributed by atoms with Gasteiger partial charge in [0, 0.05) is 13.1 Å². The average molecular weight is 298 g/mol. The molecular formula is C14H22N2O3S. The van der Waals surface area contributed by atoms with Gasteiger partial charge in [-0.05, 0) is 19.3 Å². The molecule has 0 radical (unpaired) electrons. The predicted molar refractivity (Wildman–Crippen MR) is 79.2 cm³/mol. The van der Waals surface area contributed by atoms with E-state index >= 15 is 0 Å². The minimum Gasteiger partial charge on any atom is -0.481 e. The Labute approximate surface area is 123 Å². The lowest BCUT2D eigenvalue weighted by Gasteiger charge is -2.23. The Morgan fingerprint density at radius 3 is 2.50 bits per heavy atom. The lowest BCUT2D eigenvalue weighted by Crippen LogP contribution is -2.35. The van der Waals surface area contributed by atoms with Gasteiger partial charge >= 0.3 is 5.97 Å². The third kappa shape index (κ3) is 4.59. The quantitative estimate of drug-likeness (QED) is 0.840. The summed E-state index contributed by atoms with van der Waals surface area (Å²) in [6.07, 6.45) is 0.773. The molecule has 0 fully saturated rings. The molecule has 0 aliphatic rings. The van der Waals surface area contributed by atoms with Crippen LogP contribution >= 0.6 is 11.3 Å². The summed E-state index contributed by atoms with van der Waals surface area (Å²) >= 11 is 1.41. The van der Waals surface area contributed by atoms with Gasteiger partial charge in [-0.2, -0.15) is 0 Å². The number of aryl methyl sites for hydroxylation is 2. The summed E-state index contributed by atoms with van der Waals surface area (Å²) in [4.78, 5) is 29.9. The van der Waals surface area contributed by atoms with Crippen molar-refractivity contribution >= 4 is 23.2 Å². The van der Waals surface area contributed by atoms with Crippen molar-refractivity contribution in [3.8, 4) is 0 Å². The molecular weight excluding hydrogens is 276 g/mol. The first-order chi connectivity index (χ1) is 9.35. The molecule has 20 heavy (non-hydrogen) atoms. The molecule has 112 valence electrons. The highest BCUT2D eigenvalue weighted by Gasteiger charge is 2.22. The fraction of sp³-hybridized carbons (Fsp3) is 0.643. The molecule has 5 nitrogen and oxygen atoms in total. The smallest absolute Gasteiger partial charge is 0.305 e. The molecule has 0 aliphatic carbocycles. The molecule has 0 spiro atoms. The van der Waals surface area contributed by atoms with Crippen LogP contribution in [0.1, 0.15) is 47.6 Å². The van der Waals surface area contributed by atoms with Crippen LogP contribution in [0.3, 0.4) is 0 Å². The number of carboxylic acid groups (broad SMARTS) is 1. The third-order valence-electron chi connectivity index (χ3n) is 2.81. The molecule has 1 N–H and O–H groups in total. The van der Waals surface area contributed by atoms with Gasteiger partial charge in [0.2, 0.25) is 0 Å². The van der Waals surface area contributed by atoms with Crippen LogP contribution in [0.2, 0.25) is 0 Å². The van der Waals surface area contributed by atoms with E-state index in [1.54, 1.807) is 4.90 Å². The number of carboxylic acids is 1. The van der Waals surface area contributed by atoms with E-state index < -0.39 is 5.97 Å². The number of carbonyl (C=O) groups is 2. The van der Waals surface area contributed by atoms with Crippen LogP contribution in [0.15, 0.2) is 0 Å². The fourth-order valence-corrected chi connectivity index (χ4v) is 2.86. The number of amides is 1. The van der Waals surface area contributed by atoms with Crippen LogP contribution in [-0.2, 0) is 11.2 Å². The lowest BCUT2D eigenvalue weighted by molar-refractivity contribution is -0.137. The van der Waals surface area contributed by atoms with Crippen LogP contribution < -0.4 is 0 Å². The summed E-state index contributed by atoms with van der Waals surface area (Å²) in [6.45, 7) is 8.66. The first kappa shape index (κ1) is 16.6. The van der Waals surface area contributed by atoms with Crippen molar-refractivity contribution in [2.45, 2.75) is 40.5 Å². The summed E-state index contributed by atoms with van der Waals surface area (Å²) in [5.74, 6) is -0.692. The molecule has 0 unspecified atom stereocenters. The fourth-order valence-electron chi connectivity index (χ4n) is 1.89. The van der Waals surface area contributed by atoms with Crippen molar-refractivity contribution in [2.24, 2.45) is 5.92 Å². The van der Waals surface area contributed by atoms with E-state index in [-0.39, 0.29) is 18.9 Å². The Morgan fingerprint density at radius 2 is 2.05 bits per heavy atom. The predicted octanol–water partition coefficient (Wildman–Crippen LogP) is 2.59. The highest BCUT2D eigenvalue weighted by atomic mass is 32.1. The van der Waals surface area contributed by atoms with Gasteiger partial charge in [0.05, 0.1) is 17.1 Å². The monoisotopic (exact) mass is 298 g/mol. The number of thiazole rings is 1. The number of aliphatic carboxylic acids is 1. The number of rotatable bonds is 7. The van der Waals surface area contributed by atoms with Gasteiger partial charge < -0.3 is 10.0 Å². The molecule has 6 heteroatoms. The molecule has 0 saturated carbocycles. The number of nitrogens with zero attached hydrogens (tertiary/aromatic N) is 2. The molecule has 0 bridgehead atoms. The first-order valence-electron chi connectivity index (χ1n) is 6.82. The van der Waals surface area contributed by atoms with Gasteiger partial charge in [-0.25, -0.2) is 4.98 Å². The minimum absolute atomic E-state index is 0.0308. The van der Waals surface area contributed by atoms with Crippen LogP contribution in [0.4, 0.5) is 0 Å². The van der Waals surface area contributed by atoms with Gasteiger partial charge in [-0.3, -0.25) is 9.59 Å². The Morgan fingerprint density at radius 1 is 1.40 bits per heavy atom. The van der Waals surface area contributed by atoms with Gasteiger partial charge in [0.1, 0.15) is 4.88 Å². The first-order valence-corrected chi connectivity index (χ1v) is 7.64. The molecule has 1 amide bonds. The molecule has 1 aromatic heterocycles. The second kappa shape index (κ2) is 7.38. The second-order valence-corrected chi connectivity index (χ2v) is 6.25. The van der Waals surface area contributed by atoms with Crippen molar-refractivity contribution in [3.63, 3.8) is 0 Å². The molecule has 0 aliphatic heterocycles. The molecule has 0 aromatic carbocycles. The molecule has 1 heterocycles. The van der Waals surface area contributed by atoms with E-state index in [0.29, 0.717) is 17.3 Å². The number of aromatic nitrogens is 1. The van der Waals surface area contributed by atoms with Crippen molar-refractivity contribution in [1.82, 2.24) is 9.88 Å². The summed E-state index contributed by atoms with van der Waals surface area (Å²) in [5.41, 5.74) is 0.737. The second-order valence-electron chi connectivity index (χ2n) is 5.16. The van der Waals surface area contributed by atoms with Crippen molar-refractivity contribution in [1.29, 1.82) is 0 Å². The van der Waals surface area contributed by atoms with E-state index in [2.05, 4.69) is 4.98 Å². The maximum atomic E-state index is 12.5. The van der Waals surface area contributed by atoms with Crippen LogP contribution in [-0.4, -0.2) is 40.0 Å². The third-order valence-corrected chi connectivity index (χ3v) is 4.10. The average Bonchev–Trinajstić information content (AvgIpc) is 2.74. The summed E-state index contributed by atoms with van der Waals surface area (Å²) in [5, 5.41) is 9.74. The Kier molecular flexibility index (Phi) is 6.13. The van der Waals surface area contributed by atoms with E-state index in [9.17, 15) is 9.59 Å². The van der Waals surface area contributed by atoms with E-state index in [4.69, 9.17) is 5.11 Å². The Bertz CT molecular complexity index is 483. The largest absolute Gasteiger partial charge is 0.481 e. The summed E-state index contributed by atoms with van der Waals surface area (Å²) < 4.78 is 0. The zero-order chi connectivity index (χ0) is 15.3. The highest BCUT2D eigenvalue weighted by molar-refractivity contribution is 7.13. The van der Waals surface area contributed by atoms with E-state index in [1.807, 2.05) is 27.7 Å². The molecule has 1 aromatic rings. The lowest BCUT2D eigenvalue weighted by atomic mass is 10.2. The minimum atomic E-state index is -0.887. The topological polar surface area (TPSA) is 70.5 Å². The molecule has 1 rings (SSSR count). The number of hydrogen-bond acceptors (Lipinski definition) is 4. The van der Waals surface area contributed by atoms with Gasteiger partial charge in [0.15, 0.2) is 0 Å². The van der Waals surface area contributed by atoms with Gasteiger partial charge in [-0.15, -0.1) is 11.3 Å². The normalized spacial score (nSPS) is 10.8. The van der Waals surface area contributed by atoms with Crippen molar-refractivity contribution in [2.75, 3.05) is 13.1 Å². The highest BCUT2D eigenvalue weighted by Crippen LogP contribution is 2.21. The molecule has 0 atom stereocenters. The number of carbonyl (C=O) groups excluding carboxylic acids is 1. The van der Waals surface area contributed by atoms with E-state index in [1.165, 1.54) is 11.3 Å². The van der Waals surface area contributed by atoms with Gasteiger partial charge in [0.25, 0.3) is 5.91 Å². The van der Waals surface area contributed by atoms with Crippen LogP contribution in [0.25, 0.3) is 0 Å². The zero-order valence-electron chi connectivity index (χ0n) is 12.5. The Hall–Kier alpha value is -1.43. The van der Waals surface area contributed by atoms with Crippen molar-refractivity contribution < 1.29 is 14.7 Å².